The van der Waals surface area contributed by atoms with Gasteiger partial charge >= 0.3 is 0 Å². The highest BCUT2D eigenvalue weighted by Gasteiger charge is 2.07. The number of hydrogen-bond donors (Lipinski definition) is 1. The molecule has 0 heterocycles. The fourth-order valence-corrected chi connectivity index (χ4v) is 1.26. The average molecular weight is 220 g/mol. The van der Waals surface area contributed by atoms with E-state index < -0.39 is 0 Å². The van der Waals surface area contributed by atoms with Gasteiger partial charge in [-0.25, -0.2) is 0 Å². The van der Waals surface area contributed by atoms with Crippen LogP contribution in [0.5, 0.6) is 5.75 Å². The number of nitrogens with zero attached hydrogens (tertiary/aromatic N) is 1. The van der Waals surface area contributed by atoms with Crippen molar-refractivity contribution in [2.24, 2.45) is 5.16 Å². The van der Waals surface area contributed by atoms with Gasteiger partial charge in [0.25, 0.3) is 0 Å². The van der Waals surface area contributed by atoms with Gasteiger partial charge in [-0.1, -0.05) is 28.4 Å². The lowest BCUT2D eigenvalue weighted by Crippen LogP contribution is -1.93. The van der Waals surface area contributed by atoms with Crippen LogP contribution in [-0.4, -0.2) is 17.5 Å². The summed E-state index contributed by atoms with van der Waals surface area (Å²) in [7, 11) is 1.52. The number of oxime groups is 1. The van der Waals surface area contributed by atoms with Crippen LogP contribution in [0.1, 0.15) is 5.56 Å². The van der Waals surface area contributed by atoms with E-state index >= 15 is 0 Å². The molecule has 1 aromatic rings. The van der Waals surface area contributed by atoms with Gasteiger partial charge in [0.15, 0.2) is 5.17 Å². The maximum absolute atomic E-state index is 8.43. The highest BCUT2D eigenvalue weighted by Crippen LogP contribution is 2.23. The average Bonchev–Trinajstić information content (AvgIpc) is 2.17. The molecule has 0 aliphatic heterocycles. The van der Waals surface area contributed by atoms with Crippen LogP contribution >= 0.6 is 23.2 Å². The van der Waals surface area contributed by atoms with E-state index in [1.54, 1.807) is 18.2 Å². The fourth-order valence-electron chi connectivity index (χ4n) is 0.843. The summed E-state index contributed by atoms with van der Waals surface area (Å²) in [4.78, 5) is 0. The third-order valence-electron chi connectivity index (χ3n) is 1.48. The molecule has 3 nitrogen and oxygen atoms in total. The third-order valence-corrected chi connectivity index (χ3v) is 2.09. The maximum atomic E-state index is 8.43. The van der Waals surface area contributed by atoms with E-state index in [0.29, 0.717) is 16.3 Å². The smallest absolute Gasteiger partial charge is 0.176 e. The summed E-state index contributed by atoms with van der Waals surface area (Å²) >= 11 is 11.4. The SMILES string of the molecule is COc1ccc(Cl)c(/C(Cl)=N\O)c1. The third kappa shape index (κ3) is 2.26. The van der Waals surface area contributed by atoms with Crippen molar-refractivity contribution in [2.75, 3.05) is 7.11 Å². The molecule has 13 heavy (non-hydrogen) atoms. The second-order valence-electron chi connectivity index (χ2n) is 2.24. The van der Waals surface area contributed by atoms with E-state index in [4.69, 9.17) is 33.1 Å². The number of halogens is 2. The number of rotatable bonds is 2. The first kappa shape index (κ1) is 10.2. The van der Waals surface area contributed by atoms with Crippen molar-refractivity contribution in [2.45, 2.75) is 0 Å². The van der Waals surface area contributed by atoms with E-state index in [2.05, 4.69) is 5.16 Å². The Morgan fingerprint density at radius 1 is 1.54 bits per heavy atom. The van der Waals surface area contributed by atoms with Crippen LogP contribution in [0.25, 0.3) is 0 Å². The first-order chi connectivity index (χ1) is 6.19. The van der Waals surface area contributed by atoms with E-state index in [-0.39, 0.29) is 5.17 Å². The van der Waals surface area contributed by atoms with Gasteiger partial charge in [0.05, 0.1) is 12.1 Å². The summed E-state index contributed by atoms with van der Waals surface area (Å²) in [6, 6.07) is 4.89. The molecule has 0 saturated heterocycles. The normalized spacial score (nSPS) is 11.5. The Balaban J connectivity index is 3.19. The first-order valence-corrected chi connectivity index (χ1v) is 4.16. The molecule has 70 valence electrons. The second kappa shape index (κ2) is 4.35. The minimum atomic E-state index is -0.0658. The van der Waals surface area contributed by atoms with Crippen molar-refractivity contribution in [1.29, 1.82) is 0 Å². The van der Waals surface area contributed by atoms with E-state index in [0.717, 1.165) is 0 Å². The predicted molar refractivity (Wildman–Crippen MR) is 52.2 cm³/mol. The summed E-state index contributed by atoms with van der Waals surface area (Å²) < 4.78 is 4.95. The Bertz CT molecular complexity index is 339. The molecule has 0 radical (unpaired) electrons. The zero-order valence-electron chi connectivity index (χ0n) is 6.79. The molecule has 1 rings (SSSR count). The molecule has 0 unspecified atom stereocenters. The van der Waals surface area contributed by atoms with Gasteiger partial charge in [0.1, 0.15) is 5.75 Å². The zero-order valence-corrected chi connectivity index (χ0v) is 8.30. The minimum Gasteiger partial charge on any atom is -0.497 e. The monoisotopic (exact) mass is 219 g/mol. The predicted octanol–water partition coefficient (Wildman–Crippen LogP) is 2.72. The lowest BCUT2D eigenvalue weighted by Gasteiger charge is -2.03. The van der Waals surface area contributed by atoms with Crippen LogP contribution in [0, 0.1) is 0 Å². The molecule has 1 aromatic carbocycles. The van der Waals surface area contributed by atoms with Gasteiger partial charge in [-0.2, -0.15) is 0 Å². The van der Waals surface area contributed by atoms with E-state index in [9.17, 15) is 0 Å². The quantitative estimate of drug-likeness (QED) is 0.473. The molecule has 0 amide bonds. The second-order valence-corrected chi connectivity index (χ2v) is 3.00. The van der Waals surface area contributed by atoms with Crippen molar-refractivity contribution < 1.29 is 9.94 Å². The number of ether oxygens (including phenoxy) is 1. The topological polar surface area (TPSA) is 41.8 Å². The molecule has 0 fully saturated rings. The molecule has 0 aromatic heterocycles. The molecule has 0 atom stereocenters. The lowest BCUT2D eigenvalue weighted by atomic mass is 10.2. The van der Waals surface area contributed by atoms with Gasteiger partial charge in [-0.05, 0) is 18.2 Å². The number of hydrogen-bond acceptors (Lipinski definition) is 3. The van der Waals surface area contributed by atoms with Crippen molar-refractivity contribution in [3.63, 3.8) is 0 Å². The molecule has 0 spiro atoms. The number of methoxy groups -OCH3 is 1. The van der Waals surface area contributed by atoms with E-state index in [1.165, 1.54) is 7.11 Å². The van der Waals surface area contributed by atoms with Crippen LogP contribution < -0.4 is 4.74 Å². The van der Waals surface area contributed by atoms with Gasteiger partial charge in [-0.3, -0.25) is 0 Å². The molecule has 0 aliphatic rings. The van der Waals surface area contributed by atoms with Gasteiger partial charge in [-0.15, -0.1) is 0 Å². The molecular formula is C8H7Cl2NO2. The largest absolute Gasteiger partial charge is 0.497 e. The zero-order chi connectivity index (χ0) is 9.84. The molecule has 0 bridgehead atoms. The summed E-state index contributed by atoms with van der Waals surface area (Å²) in [5, 5.41) is 11.6. The van der Waals surface area contributed by atoms with Crippen molar-refractivity contribution in [1.82, 2.24) is 0 Å². The Kier molecular flexibility index (Phi) is 3.39. The molecule has 5 heteroatoms. The summed E-state index contributed by atoms with van der Waals surface area (Å²) in [6.45, 7) is 0. The minimum absolute atomic E-state index is 0.0658. The van der Waals surface area contributed by atoms with Crippen molar-refractivity contribution in [3.8, 4) is 5.75 Å². The Morgan fingerprint density at radius 2 is 2.23 bits per heavy atom. The van der Waals surface area contributed by atoms with Gasteiger partial charge in [0.2, 0.25) is 0 Å². The van der Waals surface area contributed by atoms with Crippen LogP contribution in [0.15, 0.2) is 23.4 Å². The lowest BCUT2D eigenvalue weighted by molar-refractivity contribution is 0.321. The standard InChI is InChI=1S/C8H7Cl2NO2/c1-13-5-2-3-7(9)6(4-5)8(10)11-12/h2-4,12H,1H3/b11-8+. The highest BCUT2D eigenvalue weighted by atomic mass is 35.5. The molecular weight excluding hydrogens is 213 g/mol. The van der Waals surface area contributed by atoms with Gasteiger partial charge < -0.3 is 9.94 Å². The molecule has 0 aliphatic carbocycles. The van der Waals surface area contributed by atoms with Crippen molar-refractivity contribution in [3.05, 3.63) is 28.8 Å². The van der Waals surface area contributed by atoms with Crippen LogP contribution in [0.3, 0.4) is 0 Å². The Morgan fingerprint density at radius 3 is 2.77 bits per heavy atom. The van der Waals surface area contributed by atoms with Crippen LogP contribution in [-0.2, 0) is 0 Å². The van der Waals surface area contributed by atoms with Crippen LogP contribution in [0.2, 0.25) is 5.02 Å². The fraction of sp³-hybridized carbons (Fsp3) is 0.125. The highest BCUT2D eigenvalue weighted by molar-refractivity contribution is 6.70. The summed E-state index contributed by atoms with van der Waals surface area (Å²) in [6.07, 6.45) is 0. The van der Waals surface area contributed by atoms with Crippen LogP contribution in [0.4, 0.5) is 0 Å². The Hall–Kier alpha value is -0.930. The molecule has 1 N–H and O–H groups in total. The van der Waals surface area contributed by atoms with Gasteiger partial charge in [0, 0.05) is 5.56 Å². The maximum Gasteiger partial charge on any atom is 0.176 e. The summed E-state index contributed by atoms with van der Waals surface area (Å²) in [5.41, 5.74) is 0.435. The number of benzene rings is 1. The summed E-state index contributed by atoms with van der Waals surface area (Å²) in [5.74, 6) is 0.598. The van der Waals surface area contributed by atoms with Crippen molar-refractivity contribution >= 4 is 28.4 Å². The van der Waals surface area contributed by atoms with E-state index in [1.807, 2.05) is 0 Å². The Labute approximate surface area is 85.5 Å². The first-order valence-electron chi connectivity index (χ1n) is 3.40. The molecule has 0 saturated carbocycles.